The number of amides is 1. The number of likely N-dealkylation sites (tertiary alicyclic amines) is 1. The van der Waals surface area contributed by atoms with Crippen LogP contribution < -0.4 is 10.6 Å². The number of guanidine groups is 1. The fourth-order valence-corrected chi connectivity index (χ4v) is 3.05. The molecule has 0 saturated carbocycles. The number of likely N-dealkylation sites (N-methyl/N-ethyl adjacent to an activating group) is 1. The summed E-state index contributed by atoms with van der Waals surface area (Å²) >= 11 is 0. The molecule has 6 heteroatoms. The largest absolute Gasteiger partial charge is 0.352 e. The maximum atomic E-state index is 11.9. The highest BCUT2D eigenvalue weighted by Crippen LogP contribution is 2.28. The Labute approximate surface area is 151 Å². The molecule has 25 heavy (non-hydrogen) atoms. The minimum Gasteiger partial charge on any atom is -0.352 e. The number of nitrogens with zero attached hydrogens (tertiary/aromatic N) is 3. The number of carbonyl (C=O) groups is 1. The standard InChI is InChI=1S/C19H31N5O/c1-19(2)9-10-24(14-19)18(20-3)21-12-15-7-6-8-16(11-15)22-17(25)13-23(4)5/h6-8,11H,9-10,12-14H2,1-5H3,(H,20,21)(H,22,25). The maximum absolute atomic E-state index is 11.9. The van der Waals surface area contributed by atoms with E-state index in [9.17, 15) is 4.79 Å². The lowest BCUT2D eigenvalue weighted by molar-refractivity contribution is -0.116. The third-order valence-corrected chi connectivity index (χ3v) is 4.31. The lowest BCUT2D eigenvalue weighted by Crippen LogP contribution is -2.40. The summed E-state index contributed by atoms with van der Waals surface area (Å²) in [6.45, 7) is 7.70. The van der Waals surface area contributed by atoms with Gasteiger partial charge in [0.05, 0.1) is 6.54 Å². The van der Waals surface area contributed by atoms with Crippen LogP contribution in [0.5, 0.6) is 0 Å². The third-order valence-electron chi connectivity index (χ3n) is 4.31. The second-order valence-corrected chi connectivity index (χ2v) is 7.72. The minimum atomic E-state index is -0.00906. The molecule has 6 nitrogen and oxygen atoms in total. The van der Waals surface area contributed by atoms with Gasteiger partial charge in [0.15, 0.2) is 5.96 Å². The van der Waals surface area contributed by atoms with Crippen LogP contribution in [0.1, 0.15) is 25.8 Å². The monoisotopic (exact) mass is 345 g/mol. The van der Waals surface area contributed by atoms with Crippen LogP contribution in [0.15, 0.2) is 29.3 Å². The van der Waals surface area contributed by atoms with Crippen molar-refractivity contribution in [1.29, 1.82) is 0 Å². The first-order valence-electron chi connectivity index (χ1n) is 8.78. The number of hydrogen-bond donors (Lipinski definition) is 2. The molecule has 0 atom stereocenters. The molecule has 2 rings (SSSR count). The van der Waals surface area contributed by atoms with Gasteiger partial charge in [-0.1, -0.05) is 26.0 Å². The lowest BCUT2D eigenvalue weighted by atomic mass is 9.93. The van der Waals surface area contributed by atoms with Gasteiger partial charge in [-0.3, -0.25) is 9.79 Å². The lowest BCUT2D eigenvalue weighted by Gasteiger charge is -2.23. The minimum absolute atomic E-state index is 0.00906. The Morgan fingerprint density at radius 3 is 2.72 bits per heavy atom. The SMILES string of the molecule is CN=C(NCc1cccc(NC(=O)CN(C)C)c1)N1CCC(C)(C)C1. The van der Waals surface area contributed by atoms with Gasteiger partial charge < -0.3 is 20.4 Å². The van der Waals surface area contributed by atoms with Crippen LogP contribution >= 0.6 is 0 Å². The first-order chi connectivity index (χ1) is 11.8. The summed E-state index contributed by atoms with van der Waals surface area (Å²) in [5.74, 6) is 0.929. The van der Waals surface area contributed by atoms with E-state index in [2.05, 4.69) is 40.4 Å². The van der Waals surface area contributed by atoms with Crippen molar-refractivity contribution >= 4 is 17.6 Å². The van der Waals surface area contributed by atoms with Gasteiger partial charge in [0, 0.05) is 32.4 Å². The highest BCUT2D eigenvalue weighted by atomic mass is 16.2. The van der Waals surface area contributed by atoms with Crippen molar-refractivity contribution in [2.45, 2.75) is 26.8 Å². The third kappa shape index (κ3) is 6.05. The van der Waals surface area contributed by atoms with Crippen molar-refractivity contribution in [3.63, 3.8) is 0 Å². The first kappa shape index (κ1) is 19.2. The fourth-order valence-electron chi connectivity index (χ4n) is 3.05. The molecule has 1 heterocycles. The Hall–Kier alpha value is -2.08. The summed E-state index contributed by atoms with van der Waals surface area (Å²) in [6, 6.07) is 7.93. The summed E-state index contributed by atoms with van der Waals surface area (Å²) < 4.78 is 0. The molecule has 1 aromatic carbocycles. The summed E-state index contributed by atoms with van der Waals surface area (Å²) in [4.78, 5) is 20.5. The van der Waals surface area contributed by atoms with Crippen molar-refractivity contribution in [3.8, 4) is 0 Å². The zero-order valence-corrected chi connectivity index (χ0v) is 16.1. The molecule has 138 valence electrons. The van der Waals surface area contributed by atoms with E-state index in [1.54, 1.807) is 0 Å². The van der Waals surface area contributed by atoms with Gasteiger partial charge in [-0.05, 0) is 43.6 Å². The predicted octanol–water partition coefficient (Wildman–Crippen LogP) is 1.99. The Morgan fingerprint density at radius 2 is 2.12 bits per heavy atom. The molecule has 1 amide bonds. The van der Waals surface area contributed by atoms with E-state index in [0.717, 1.165) is 30.3 Å². The molecule has 0 unspecified atom stereocenters. The van der Waals surface area contributed by atoms with Crippen molar-refractivity contribution in [3.05, 3.63) is 29.8 Å². The number of anilines is 1. The molecular weight excluding hydrogens is 314 g/mol. The van der Waals surface area contributed by atoms with Crippen LogP contribution in [0, 0.1) is 5.41 Å². The summed E-state index contributed by atoms with van der Waals surface area (Å²) in [6.07, 6.45) is 1.18. The van der Waals surface area contributed by atoms with E-state index in [4.69, 9.17) is 0 Å². The van der Waals surface area contributed by atoms with Crippen molar-refractivity contribution < 1.29 is 4.79 Å². The predicted molar refractivity (Wildman–Crippen MR) is 104 cm³/mol. The molecule has 1 aromatic rings. The number of rotatable bonds is 5. The maximum Gasteiger partial charge on any atom is 0.238 e. The Balaban J connectivity index is 1.92. The van der Waals surface area contributed by atoms with Gasteiger partial charge in [-0.2, -0.15) is 0 Å². The molecule has 1 aliphatic rings. The normalized spacial score (nSPS) is 17.0. The number of hydrogen-bond acceptors (Lipinski definition) is 3. The second-order valence-electron chi connectivity index (χ2n) is 7.72. The molecule has 0 spiro atoms. The first-order valence-corrected chi connectivity index (χ1v) is 8.78. The van der Waals surface area contributed by atoms with Crippen molar-refractivity contribution in [2.75, 3.05) is 46.1 Å². The van der Waals surface area contributed by atoms with Crippen LogP contribution in [-0.4, -0.2) is 62.4 Å². The van der Waals surface area contributed by atoms with Crippen LogP contribution in [-0.2, 0) is 11.3 Å². The van der Waals surface area contributed by atoms with Crippen LogP contribution in [0.25, 0.3) is 0 Å². The number of nitrogens with one attached hydrogen (secondary N) is 2. The average Bonchev–Trinajstić information content (AvgIpc) is 2.87. The van der Waals surface area contributed by atoms with Crippen molar-refractivity contribution in [1.82, 2.24) is 15.1 Å². The van der Waals surface area contributed by atoms with E-state index in [-0.39, 0.29) is 5.91 Å². The van der Waals surface area contributed by atoms with Gasteiger partial charge in [0.25, 0.3) is 0 Å². The van der Waals surface area contributed by atoms with Crippen LogP contribution in [0.3, 0.4) is 0 Å². The molecule has 0 radical (unpaired) electrons. The van der Waals surface area contributed by atoms with E-state index in [1.165, 1.54) is 6.42 Å². The molecule has 1 saturated heterocycles. The van der Waals surface area contributed by atoms with Gasteiger partial charge >= 0.3 is 0 Å². The highest BCUT2D eigenvalue weighted by molar-refractivity contribution is 5.92. The Morgan fingerprint density at radius 1 is 1.36 bits per heavy atom. The second kappa shape index (κ2) is 8.34. The smallest absolute Gasteiger partial charge is 0.238 e. The van der Waals surface area contributed by atoms with Crippen molar-refractivity contribution in [2.24, 2.45) is 10.4 Å². The quantitative estimate of drug-likeness (QED) is 0.633. The molecule has 1 aliphatic heterocycles. The van der Waals surface area contributed by atoms with Gasteiger partial charge in [0.2, 0.25) is 5.91 Å². The molecule has 1 fully saturated rings. The van der Waals surface area contributed by atoms with Gasteiger partial charge in [-0.15, -0.1) is 0 Å². The van der Waals surface area contributed by atoms with Crippen LogP contribution in [0.4, 0.5) is 5.69 Å². The summed E-state index contributed by atoms with van der Waals surface area (Å²) in [5, 5.41) is 6.37. The molecule has 0 aliphatic carbocycles. The average molecular weight is 345 g/mol. The van der Waals surface area contributed by atoms with E-state index in [1.807, 2.05) is 44.2 Å². The topological polar surface area (TPSA) is 60.0 Å². The summed E-state index contributed by atoms with van der Waals surface area (Å²) in [7, 11) is 5.59. The molecule has 2 N–H and O–H groups in total. The number of carbonyl (C=O) groups excluding carboxylic acids is 1. The molecule has 0 bridgehead atoms. The van der Waals surface area contributed by atoms with E-state index < -0.39 is 0 Å². The Bertz CT molecular complexity index is 624. The number of aliphatic imine (C=N–C) groups is 1. The Kier molecular flexibility index (Phi) is 6.42. The van der Waals surface area contributed by atoms with Gasteiger partial charge in [-0.25, -0.2) is 0 Å². The van der Waals surface area contributed by atoms with E-state index in [0.29, 0.717) is 18.5 Å². The van der Waals surface area contributed by atoms with Gasteiger partial charge in [0.1, 0.15) is 0 Å². The molecule has 0 aromatic heterocycles. The zero-order chi connectivity index (χ0) is 18.4. The van der Waals surface area contributed by atoms with E-state index >= 15 is 0 Å². The highest BCUT2D eigenvalue weighted by Gasteiger charge is 2.30. The number of benzene rings is 1. The van der Waals surface area contributed by atoms with Crippen LogP contribution in [0.2, 0.25) is 0 Å². The molecular formula is C19H31N5O. The zero-order valence-electron chi connectivity index (χ0n) is 16.1. The fraction of sp³-hybridized carbons (Fsp3) is 0.579. The summed E-state index contributed by atoms with van der Waals surface area (Å²) in [5.41, 5.74) is 2.28.